The first kappa shape index (κ1) is 10.6. The van der Waals surface area contributed by atoms with Crippen molar-refractivity contribution in [1.29, 1.82) is 5.26 Å². The number of carbonyl (C=O) groups is 1. The fourth-order valence-electron chi connectivity index (χ4n) is 2.19. The van der Waals surface area contributed by atoms with Crippen LogP contribution in [0.1, 0.15) is 25.7 Å². The van der Waals surface area contributed by atoms with Gasteiger partial charge in [0.15, 0.2) is 0 Å². The molecule has 2 aliphatic heterocycles. The third-order valence-corrected chi connectivity index (χ3v) is 4.47. The number of hydrogen-bond acceptors (Lipinski definition) is 3. The van der Waals surface area contributed by atoms with Crippen LogP contribution in [0, 0.1) is 11.3 Å². The normalized spacial score (nSPS) is 33.0. The Balaban J connectivity index is 1.75. The summed E-state index contributed by atoms with van der Waals surface area (Å²) in [4.78, 5) is 11.1. The minimum Gasteiger partial charge on any atom is -0.332 e. The van der Waals surface area contributed by atoms with Crippen molar-refractivity contribution in [2.24, 2.45) is 0 Å². The second-order valence-electron chi connectivity index (χ2n) is 4.03. The topological polar surface area (TPSA) is 64.9 Å². The van der Waals surface area contributed by atoms with Crippen molar-refractivity contribution in [1.82, 2.24) is 10.6 Å². The SMILES string of the molecule is N#CCCCC[C@@H]1SC[C@@H]2NC(=O)N[C@@H]21. The number of amides is 2. The molecule has 2 rings (SSSR count). The minimum absolute atomic E-state index is 0.0210. The number of fused-ring (bicyclic) bond motifs is 1. The van der Waals surface area contributed by atoms with Crippen molar-refractivity contribution in [3.63, 3.8) is 0 Å². The highest BCUT2D eigenvalue weighted by atomic mass is 32.2. The van der Waals surface area contributed by atoms with E-state index in [1.807, 2.05) is 11.8 Å². The summed E-state index contributed by atoms with van der Waals surface area (Å²) in [5, 5.41) is 14.9. The molecule has 2 heterocycles. The molecule has 15 heavy (non-hydrogen) atoms. The van der Waals surface area contributed by atoms with Crippen molar-refractivity contribution >= 4 is 17.8 Å². The fraction of sp³-hybridized carbons (Fsp3) is 0.800. The second kappa shape index (κ2) is 4.75. The van der Waals surface area contributed by atoms with Gasteiger partial charge in [0.1, 0.15) is 0 Å². The molecule has 0 aromatic carbocycles. The highest BCUT2D eigenvalue weighted by molar-refractivity contribution is 8.00. The second-order valence-corrected chi connectivity index (χ2v) is 5.30. The first-order valence-corrected chi connectivity index (χ1v) is 6.41. The Bertz CT molecular complexity index is 289. The van der Waals surface area contributed by atoms with Crippen LogP contribution in [-0.2, 0) is 0 Å². The van der Waals surface area contributed by atoms with E-state index in [-0.39, 0.29) is 6.03 Å². The molecule has 2 amide bonds. The van der Waals surface area contributed by atoms with E-state index in [2.05, 4.69) is 16.7 Å². The zero-order chi connectivity index (χ0) is 10.7. The summed E-state index contributed by atoms with van der Waals surface area (Å²) in [6.07, 6.45) is 3.82. The smallest absolute Gasteiger partial charge is 0.315 e. The molecule has 0 aliphatic carbocycles. The molecule has 0 bridgehead atoms. The van der Waals surface area contributed by atoms with Crippen molar-refractivity contribution in [2.75, 3.05) is 5.75 Å². The standard InChI is InChI=1S/C10H15N3OS/c11-5-3-1-2-4-8-9-7(6-15-8)12-10(14)13-9/h7-9H,1-4,6H2,(H2,12,13,14)/t7-,8-,9-/m0/s1. The van der Waals surface area contributed by atoms with Crippen molar-refractivity contribution in [2.45, 2.75) is 43.0 Å². The lowest BCUT2D eigenvalue weighted by molar-refractivity contribution is 0.247. The number of hydrogen-bond donors (Lipinski definition) is 2. The molecule has 0 unspecified atom stereocenters. The Kier molecular flexibility index (Phi) is 3.37. The fourth-order valence-corrected chi connectivity index (χ4v) is 3.74. The van der Waals surface area contributed by atoms with Gasteiger partial charge in [-0.15, -0.1) is 0 Å². The average molecular weight is 225 g/mol. The molecule has 0 aromatic rings. The van der Waals surface area contributed by atoms with E-state index in [1.54, 1.807) is 0 Å². The van der Waals surface area contributed by atoms with E-state index in [4.69, 9.17) is 5.26 Å². The highest BCUT2D eigenvalue weighted by Gasteiger charge is 2.42. The maximum absolute atomic E-state index is 11.1. The maximum atomic E-state index is 11.1. The molecule has 0 aromatic heterocycles. The molecule has 2 N–H and O–H groups in total. The lowest BCUT2D eigenvalue weighted by Gasteiger charge is -2.15. The van der Waals surface area contributed by atoms with Gasteiger partial charge in [0.25, 0.3) is 0 Å². The maximum Gasteiger partial charge on any atom is 0.315 e. The average Bonchev–Trinajstić information content (AvgIpc) is 2.73. The zero-order valence-electron chi connectivity index (χ0n) is 8.53. The Morgan fingerprint density at radius 3 is 3.13 bits per heavy atom. The van der Waals surface area contributed by atoms with Crippen LogP contribution in [0.2, 0.25) is 0 Å². The summed E-state index contributed by atoms with van der Waals surface area (Å²) >= 11 is 1.93. The van der Waals surface area contributed by atoms with Crippen molar-refractivity contribution in [3.8, 4) is 6.07 Å². The summed E-state index contributed by atoms with van der Waals surface area (Å²) < 4.78 is 0. The minimum atomic E-state index is -0.0210. The first-order valence-electron chi connectivity index (χ1n) is 5.37. The van der Waals surface area contributed by atoms with Gasteiger partial charge in [0.05, 0.1) is 18.2 Å². The number of nitrogens with zero attached hydrogens (tertiary/aromatic N) is 1. The van der Waals surface area contributed by atoms with Crippen LogP contribution in [0.25, 0.3) is 0 Å². The molecule has 4 nitrogen and oxygen atoms in total. The van der Waals surface area contributed by atoms with Crippen LogP contribution in [0.5, 0.6) is 0 Å². The van der Waals surface area contributed by atoms with Gasteiger partial charge in [-0.3, -0.25) is 0 Å². The Morgan fingerprint density at radius 2 is 2.33 bits per heavy atom. The van der Waals surface area contributed by atoms with Gasteiger partial charge in [-0.05, 0) is 12.8 Å². The molecule has 5 heteroatoms. The molecular formula is C10H15N3OS. The van der Waals surface area contributed by atoms with Gasteiger partial charge in [-0.1, -0.05) is 6.42 Å². The van der Waals surface area contributed by atoms with Gasteiger partial charge in [-0.25, -0.2) is 4.79 Å². The largest absolute Gasteiger partial charge is 0.332 e. The Labute approximate surface area is 93.8 Å². The lowest BCUT2D eigenvalue weighted by Crippen LogP contribution is -2.36. The number of nitrogens with one attached hydrogen (secondary N) is 2. The van der Waals surface area contributed by atoms with Crippen molar-refractivity contribution in [3.05, 3.63) is 0 Å². The number of thioether (sulfide) groups is 1. The summed E-state index contributed by atoms with van der Waals surface area (Å²) in [5.74, 6) is 1.02. The van der Waals surface area contributed by atoms with Gasteiger partial charge < -0.3 is 10.6 Å². The molecule has 0 spiro atoms. The molecule has 2 fully saturated rings. The van der Waals surface area contributed by atoms with Crippen LogP contribution in [0.4, 0.5) is 4.79 Å². The number of rotatable bonds is 4. The van der Waals surface area contributed by atoms with Gasteiger partial charge >= 0.3 is 6.03 Å². The number of urea groups is 1. The number of carbonyl (C=O) groups excluding carboxylic acids is 1. The van der Waals surface area contributed by atoms with Crippen LogP contribution in [0.15, 0.2) is 0 Å². The van der Waals surface area contributed by atoms with E-state index in [0.717, 1.165) is 25.0 Å². The quantitative estimate of drug-likeness (QED) is 0.559. The molecule has 82 valence electrons. The van der Waals surface area contributed by atoms with E-state index >= 15 is 0 Å². The highest BCUT2D eigenvalue weighted by Crippen LogP contribution is 2.33. The summed E-state index contributed by atoms with van der Waals surface area (Å²) in [5.41, 5.74) is 0. The summed E-state index contributed by atoms with van der Waals surface area (Å²) in [7, 11) is 0. The van der Waals surface area contributed by atoms with E-state index < -0.39 is 0 Å². The summed E-state index contributed by atoms with van der Waals surface area (Å²) in [6.45, 7) is 0. The van der Waals surface area contributed by atoms with Crippen LogP contribution >= 0.6 is 11.8 Å². The van der Waals surface area contributed by atoms with Gasteiger partial charge in [-0.2, -0.15) is 17.0 Å². The lowest BCUT2D eigenvalue weighted by atomic mass is 10.0. The van der Waals surface area contributed by atoms with Crippen molar-refractivity contribution < 1.29 is 4.79 Å². The molecule has 0 saturated carbocycles. The molecule has 0 radical (unpaired) electrons. The monoisotopic (exact) mass is 225 g/mol. The van der Waals surface area contributed by atoms with Crippen LogP contribution in [0.3, 0.4) is 0 Å². The third kappa shape index (κ3) is 2.37. The zero-order valence-corrected chi connectivity index (χ0v) is 9.35. The van der Waals surface area contributed by atoms with Crippen LogP contribution in [-0.4, -0.2) is 29.1 Å². The van der Waals surface area contributed by atoms with E-state index in [1.165, 1.54) is 0 Å². The predicted molar refractivity (Wildman–Crippen MR) is 59.6 cm³/mol. The molecule has 2 aliphatic rings. The van der Waals surface area contributed by atoms with E-state index in [9.17, 15) is 4.79 Å². The first-order chi connectivity index (χ1) is 7.31. The molecule has 2 saturated heterocycles. The Morgan fingerprint density at radius 1 is 1.47 bits per heavy atom. The third-order valence-electron chi connectivity index (χ3n) is 2.97. The molecule has 3 atom stereocenters. The number of unbranched alkanes of at least 4 members (excludes halogenated alkanes) is 2. The van der Waals surface area contributed by atoms with Gasteiger partial charge in [0.2, 0.25) is 0 Å². The molecular weight excluding hydrogens is 210 g/mol. The van der Waals surface area contributed by atoms with Gasteiger partial charge in [0, 0.05) is 17.4 Å². The van der Waals surface area contributed by atoms with Crippen LogP contribution < -0.4 is 10.6 Å². The summed E-state index contributed by atoms with van der Waals surface area (Å²) in [6, 6.07) is 2.77. The predicted octanol–water partition coefficient (Wildman–Crippen LogP) is 1.24. The van der Waals surface area contributed by atoms with E-state index in [0.29, 0.717) is 23.8 Å². The Hall–Kier alpha value is -0.890. The number of nitriles is 1.